The summed E-state index contributed by atoms with van der Waals surface area (Å²) in [6.07, 6.45) is 1.75. The van der Waals surface area contributed by atoms with Crippen LogP contribution in [-0.4, -0.2) is 25.5 Å². The molecule has 2 aromatic carbocycles. The number of benzene rings is 2. The molecule has 8 heteroatoms. The topological polar surface area (TPSA) is 79.5 Å². The minimum absolute atomic E-state index is 0. The third-order valence-corrected chi connectivity index (χ3v) is 4.41. The van der Waals surface area contributed by atoms with Gasteiger partial charge in [0.1, 0.15) is 0 Å². The maximum absolute atomic E-state index is 11.2. The van der Waals surface area contributed by atoms with E-state index in [9.17, 15) is 4.79 Å². The number of carbonyl (C=O) groups is 1. The summed E-state index contributed by atoms with van der Waals surface area (Å²) >= 11 is 12.1. The lowest BCUT2D eigenvalue weighted by Gasteiger charge is -2.12. The molecule has 0 aliphatic carbocycles. The molecule has 0 saturated heterocycles. The molecule has 0 radical (unpaired) electrons. The van der Waals surface area contributed by atoms with Gasteiger partial charge in [-0.1, -0.05) is 41.4 Å². The molecule has 0 spiro atoms. The van der Waals surface area contributed by atoms with Crippen LogP contribution in [0.15, 0.2) is 47.5 Å². The van der Waals surface area contributed by atoms with Crippen molar-refractivity contribution in [1.29, 1.82) is 0 Å². The summed E-state index contributed by atoms with van der Waals surface area (Å²) in [5.41, 5.74) is 7.82. The predicted octanol–water partition coefficient (Wildman–Crippen LogP) is 4.01. The molecular weight excluding hydrogens is 498 g/mol. The van der Waals surface area contributed by atoms with E-state index in [2.05, 4.69) is 15.6 Å². The summed E-state index contributed by atoms with van der Waals surface area (Å²) < 4.78 is 0. The first kappa shape index (κ1) is 23.5. The first-order chi connectivity index (χ1) is 12.5. The Morgan fingerprint density at radius 2 is 1.93 bits per heavy atom. The number of aryl methyl sites for hydroxylation is 1. The first-order valence-corrected chi connectivity index (χ1v) is 9.02. The van der Waals surface area contributed by atoms with Gasteiger partial charge < -0.3 is 16.4 Å². The van der Waals surface area contributed by atoms with E-state index in [4.69, 9.17) is 28.9 Å². The van der Waals surface area contributed by atoms with Crippen LogP contribution < -0.4 is 16.4 Å². The van der Waals surface area contributed by atoms with Crippen molar-refractivity contribution in [2.45, 2.75) is 19.4 Å². The summed E-state index contributed by atoms with van der Waals surface area (Å²) in [4.78, 5) is 15.4. The Labute approximate surface area is 186 Å². The van der Waals surface area contributed by atoms with Crippen molar-refractivity contribution in [1.82, 2.24) is 10.6 Å². The molecule has 0 saturated carbocycles. The molecule has 0 aromatic heterocycles. The van der Waals surface area contributed by atoms with E-state index in [0.717, 1.165) is 30.5 Å². The quantitative estimate of drug-likeness (QED) is 0.223. The minimum atomic E-state index is -0.435. The van der Waals surface area contributed by atoms with Crippen LogP contribution in [0.25, 0.3) is 0 Å². The summed E-state index contributed by atoms with van der Waals surface area (Å²) in [6, 6.07) is 12.7. The summed E-state index contributed by atoms with van der Waals surface area (Å²) in [5.74, 6) is 0.256. The Morgan fingerprint density at radius 1 is 1.15 bits per heavy atom. The zero-order valence-corrected chi connectivity index (χ0v) is 18.8. The Kier molecular flexibility index (Phi) is 10.5. The van der Waals surface area contributed by atoms with Crippen molar-refractivity contribution in [3.05, 3.63) is 69.2 Å². The third kappa shape index (κ3) is 7.94. The van der Waals surface area contributed by atoms with Gasteiger partial charge in [-0.2, -0.15) is 0 Å². The number of amides is 1. The van der Waals surface area contributed by atoms with E-state index in [0.29, 0.717) is 28.1 Å². The van der Waals surface area contributed by atoms with Gasteiger partial charge in [-0.15, -0.1) is 24.0 Å². The molecule has 0 bridgehead atoms. The molecule has 2 aromatic rings. The number of primary amides is 1. The SMILES string of the molecule is CN=C(NCCCc1ccc(Cl)cc1Cl)NCc1cccc(C(N)=O)c1.I. The highest BCUT2D eigenvalue weighted by molar-refractivity contribution is 14.0. The van der Waals surface area contributed by atoms with E-state index in [-0.39, 0.29) is 24.0 Å². The molecule has 27 heavy (non-hydrogen) atoms. The second kappa shape index (κ2) is 12.0. The molecule has 146 valence electrons. The highest BCUT2D eigenvalue weighted by Gasteiger charge is 2.04. The standard InChI is InChI=1S/C19H22Cl2N4O.HI/c1-23-19(25-12-13-4-2-5-15(10-13)18(22)26)24-9-3-6-14-7-8-16(20)11-17(14)21;/h2,4-5,7-8,10-11H,3,6,9,12H2,1H3,(H2,22,26)(H2,23,24,25);1H. The van der Waals surface area contributed by atoms with E-state index >= 15 is 0 Å². The lowest BCUT2D eigenvalue weighted by Crippen LogP contribution is -2.37. The number of aliphatic imine (C=N–C) groups is 1. The largest absolute Gasteiger partial charge is 0.366 e. The fraction of sp³-hybridized carbons (Fsp3) is 0.263. The normalized spacial score (nSPS) is 10.9. The zero-order chi connectivity index (χ0) is 18.9. The maximum Gasteiger partial charge on any atom is 0.248 e. The molecule has 0 aliphatic rings. The highest BCUT2D eigenvalue weighted by atomic mass is 127. The monoisotopic (exact) mass is 520 g/mol. The van der Waals surface area contributed by atoms with E-state index < -0.39 is 5.91 Å². The number of nitrogens with zero attached hydrogens (tertiary/aromatic N) is 1. The molecule has 1 amide bonds. The molecule has 0 aliphatic heterocycles. The third-order valence-electron chi connectivity index (χ3n) is 3.83. The van der Waals surface area contributed by atoms with Gasteiger partial charge >= 0.3 is 0 Å². The van der Waals surface area contributed by atoms with E-state index in [1.807, 2.05) is 24.3 Å². The Hall–Kier alpha value is -1.51. The molecule has 0 unspecified atom stereocenters. The van der Waals surface area contributed by atoms with Gasteiger partial charge in [-0.3, -0.25) is 9.79 Å². The van der Waals surface area contributed by atoms with E-state index in [1.165, 1.54) is 0 Å². The van der Waals surface area contributed by atoms with Gasteiger partial charge in [0.25, 0.3) is 0 Å². The van der Waals surface area contributed by atoms with Gasteiger partial charge in [0.15, 0.2) is 5.96 Å². The van der Waals surface area contributed by atoms with Crippen LogP contribution in [0.4, 0.5) is 0 Å². The fourth-order valence-corrected chi connectivity index (χ4v) is 2.95. The molecule has 0 atom stereocenters. The Bertz CT molecular complexity index is 799. The van der Waals surface area contributed by atoms with Crippen molar-refractivity contribution in [3.63, 3.8) is 0 Å². The predicted molar refractivity (Wildman–Crippen MR) is 123 cm³/mol. The van der Waals surface area contributed by atoms with Crippen molar-refractivity contribution in [2.75, 3.05) is 13.6 Å². The molecule has 0 heterocycles. The molecule has 5 nitrogen and oxygen atoms in total. The summed E-state index contributed by atoms with van der Waals surface area (Å²) in [7, 11) is 1.71. The summed E-state index contributed by atoms with van der Waals surface area (Å²) in [6.45, 7) is 1.30. The number of carbonyl (C=O) groups excluding carboxylic acids is 1. The van der Waals surface area contributed by atoms with Crippen molar-refractivity contribution in [3.8, 4) is 0 Å². The molecule has 0 fully saturated rings. The maximum atomic E-state index is 11.2. The smallest absolute Gasteiger partial charge is 0.248 e. The second-order valence-electron chi connectivity index (χ2n) is 5.76. The minimum Gasteiger partial charge on any atom is -0.366 e. The number of hydrogen-bond donors (Lipinski definition) is 3. The number of nitrogens with two attached hydrogens (primary N) is 1. The van der Waals surface area contributed by atoms with Gasteiger partial charge in [-0.25, -0.2) is 0 Å². The van der Waals surface area contributed by atoms with E-state index in [1.54, 1.807) is 25.2 Å². The molecule has 4 N–H and O–H groups in total. The van der Waals surface area contributed by atoms with Crippen LogP contribution in [0, 0.1) is 0 Å². The van der Waals surface area contributed by atoms with Gasteiger partial charge in [0.05, 0.1) is 0 Å². The van der Waals surface area contributed by atoms with Crippen molar-refractivity contribution < 1.29 is 4.79 Å². The van der Waals surface area contributed by atoms with Crippen molar-refractivity contribution in [2.24, 2.45) is 10.7 Å². The van der Waals surface area contributed by atoms with Gasteiger partial charge in [0.2, 0.25) is 5.91 Å². The van der Waals surface area contributed by atoms with Gasteiger partial charge in [0, 0.05) is 35.7 Å². The van der Waals surface area contributed by atoms with Crippen LogP contribution in [0.5, 0.6) is 0 Å². The number of hydrogen-bond acceptors (Lipinski definition) is 2. The number of rotatable bonds is 7. The average Bonchev–Trinajstić information content (AvgIpc) is 2.62. The van der Waals surface area contributed by atoms with Gasteiger partial charge in [-0.05, 0) is 48.2 Å². The number of nitrogens with one attached hydrogen (secondary N) is 2. The summed E-state index contributed by atoms with van der Waals surface area (Å²) in [5, 5.41) is 7.80. The second-order valence-corrected chi connectivity index (χ2v) is 6.60. The van der Waals surface area contributed by atoms with Crippen LogP contribution in [0.1, 0.15) is 27.9 Å². The Morgan fingerprint density at radius 3 is 2.59 bits per heavy atom. The zero-order valence-electron chi connectivity index (χ0n) is 15.0. The fourth-order valence-electron chi connectivity index (χ4n) is 2.45. The Balaban J connectivity index is 0.00000364. The van der Waals surface area contributed by atoms with Crippen LogP contribution in [0.3, 0.4) is 0 Å². The lowest BCUT2D eigenvalue weighted by molar-refractivity contribution is 0.1000. The van der Waals surface area contributed by atoms with Crippen molar-refractivity contribution >= 4 is 59.0 Å². The average molecular weight is 521 g/mol. The molecule has 2 rings (SSSR count). The molecular formula is C19H23Cl2IN4O. The van der Waals surface area contributed by atoms with Crippen LogP contribution in [0.2, 0.25) is 10.0 Å². The van der Waals surface area contributed by atoms with Crippen LogP contribution in [-0.2, 0) is 13.0 Å². The van der Waals surface area contributed by atoms with Crippen LogP contribution >= 0.6 is 47.2 Å². The number of guanidine groups is 1. The highest BCUT2D eigenvalue weighted by Crippen LogP contribution is 2.21. The lowest BCUT2D eigenvalue weighted by atomic mass is 10.1. The first-order valence-electron chi connectivity index (χ1n) is 8.27. The number of halogens is 3.